The third-order valence-corrected chi connectivity index (χ3v) is 5.94. The van der Waals surface area contributed by atoms with Gasteiger partial charge in [0.15, 0.2) is 11.5 Å². The molecule has 0 radical (unpaired) electrons. The Morgan fingerprint density at radius 2 is 1.93 bits per heavy atom. The Balaban J connectivity index is 1.49. The number of nitrogens with zero attached hydrogens (tertiary/aromatic N) is 1. The molecule has 1 aliphatic rings. The van der Waals surface area contributed by atoms with Crippen molar-refractivity contribution in [2.75, 3.05) is 33.9 Å². The van der Waals surface area contributed by atoms with Gasteiger partial charge in [-0.1, -0.05) is 30.3 Å². The third kappa shape index (κ3) is 5.10. The maximum atomic E-state index is 12.7. The van der Waals surface area contributed by atoms with Gasteiger partial charge in [-0.15, -0.1) is 0 Å². The van der Waals surface area contributed by atoms with Gasteiger partial charge in [0.05, 0.1) is 20.3 Å². The van der Waals surface area contributed by atoms with Gasteiger partial charge in [-0.05, 0) is 68.0 Å². The van der Waals surface area contributed by atoms with Crippen LogP contribution in [0.25, 0.3) is 0 Å². The maximum absolute atomic E-state index is 12.7. The van der Waals surface area contributed by atoms with Crippen LogP contribution in [-0.2, 0) is 11.2 Å². The van der Waals surface area contributed by atoms with E-state index in [-0.39, 0.29) is 11.9 Å². The standard InChI is InChI=1S/C24H32N2O3/c1-17-7-5-6-8-21(17)20-12-14-26(16-20)18(2)24(27)25-13-11-19-9-10-22(28-3)23(15-19)29-4/h5-10,15,18,20H,11-14,16H2,1-4H3,(H,25,27). The first kappa shape index (κ1) is 21.2. The number of methoxy groups -OCH3 is 2. The Labute approximate surface area is 174 Å². The molecule has 0 aromatic heterocycles. The number of carbonyl (C=O) groups is 1. The summed E-state index contributed by atoms with van der Waals surface area (Å²) >= 11 is 0. The molecule has 3 rings (SSSR count). The molecule has 2 aromatic carbocycles. The van der Waals surface area contributed by atoms with E-state index in [4.69, 9.17) is 9.47 Å². The number of amides is 1. The topological polar surface area (TPSA) is 50.8 Å². The highest BCUT2D eigenvalue weighted by Crippen LogP contribution is 2.30. The van der Waals surface area contributed by atoms with Crippen molar-refractivity contribution in [1.29, 1.82) is 0 Å². The van der Waals surface area contributed by atoms with Crippen LogP contribution in [-0.4, -0.2) is 50.7 Å². The fourth-order valence-corrected chi connectivity index (χ4v) is 4.12. The molecular weight excluding hydrogens is 364 g/mol. The molecule has 2 atom stereocenters. The van der Waals surface area contributed by atoms with E-state index in [0.29, 0.717) is 24.0 Å². The number of nitrogens with one attached hydrogen (secondary N) is 1. The molecule has 5 heteroatoms. The summed E-state index contributed by atoms with van der Waals surface area (Å²) in [6.07, 6.45) is 1.86. The van der Waals surface area contributed by atoms with Crippen molar-refractivity contribution in [3.05, 3.63) is 59.2 Å². The van der Waals surface area contributed by atoms with Gasteiger partial charge in [-0.3, -0.25) is 9.69 Å². The number of likely N-dealkylation sites (tertiary alicyclic amines) is 1. The summed E-state index contributed by atoms with van der Waals surface area (Å²) in [5, 5.41) is 3.09. The van der Waals surface area contributed by atoms with Crippen LogP contribution in [0.2, 0.25) is 0 Å². The summed E-state index contributed by atoms with van der Waals surface area (Å²) in [6.45, 7) is 6.68. The molecule has 0 aliphatic carbocycles. The van der Waals surface area contributed by atoms with Crippen LogP contribution in [0, 0.1) is 6.92 Å². The number of hydrogen-bond acceptors (Lipinski definition) is 4. The predicted molar refractivity (Wildman–Crippen MR) is 116 cm³/mol. The van der Waals surface area contributed by atoms with Crippen LogP contribution < -0.4 is 14.8 Å². The summed E-state index contributed by atoms with van der Waals surface area (Å²) in [7, 11) is 3.26. The van der Waals surface area contributed by atoms with Crippen LogP contribution in [0.5, 0.6) is 11.5 Å². The number of aryl methyl sites for hydroxylation is 1. The van der Waals surface area contributed by atoms with E-state index in [9.17, 15) is 4.79 Å². The Morgan fingerprint density at radius 3 is 2.66 bits per heavy atom. The molecule has 1 N–H and O–H groups in total. The first-order chi connectivity index (χ1) is 14.0. The molecule has 2 aromatic rings. The van der Waals surface area contributed by atoms with E-state index in [1.54, 1.807) is 14.2 Å². The number of benzene rings is 2. The monoisotopic (exact) mass is 396 g/mol. The highest BCUT2D eigenvalue weighted by atomic mass is 16.5. The van der Waals surface area contributed by atoms with Crippen LogP contribution in [0.1, 0.15) is 36.0 Å². The van der Waals surface area contributed by atoms with E-state index in [2.05, 4.69) is 41.4 Å². The molecule has 1 aliphatic heterocycles. The summed E-state index contributed by atoms with van der Waals surface area (Å²) < 4.78 is 10.6. The van der Waals surface area contributed by atoms with Crippen molar-refractivity contribution in [3.63, 3.8) is 0 Å². The molecule has 0 bridgehead atoms. The van der Waals surface area contributed by atoms with E-state index in [1.165, 1.54) is 11.1 Å². The Morgan fingerprint density at radius 1 is 1.17 bits per heavy atom. The molecule has 1 saturated heterocycles. The Hall–Kier alpha value is -2.53. The van der Waals surface area contributed by atoms with Crippen molar-refractivity contribution in [1.82, 2.24) is 10.2 Å². The summed E-state index contributed by atoms with van der Waals surface area (Å²) in [6, 6.07) is 14.3. The first-order valence-corrected chi connectivity index (χ1v) is 10.3. The smallest absolute Gasteiger partial charge is 0.237 e. The van der Waals surface area contributed by atoms with Gasteiger partial charge < -0.3 is 14.8 Å². The molecule has 5 nitrogen and oxygen atoms in total. The second-order valence-electron chi connectivity index (χ2n) is 7.74. The molecule has 1 fully saturated rings. The second-order valence-corrected chi connectivity index (χ2v) is 7.74. The average Bonchev–Trinajstić information content (AvgIpc) is 3.23. The van der Waals surface area contributed by atoms with Crippen molar-refractivity contribution in [2.45, 2.75) is 38.6 Å². The summed E-state index contributed by atoms with van der Waals surface area (Å²) in [5.41, 5.74) is 3.86. The molecule has 29 heavy (non-hydrogen) atoms. The number of carbonyl (C=O) groups excluding carboxylic acids is 1. The zero-order valence-corrected chi connectivity index (χ0v) is 17.9. The lowest BCUT2D eigenvalue weighted by molar-refractivity contribution is -0.125. The minimum Gasteiger partial charge on any atom is -0.493 e. The molecule has 156 valence electrons. The molecule has 1 amide bonds. The van der Waals surface area contributed by atoms with Crippen LogP contribution in [0.4, 0.5) is 0 Å². The Kier molecular flexibility index (Phi) is 7.15. The lowest BCUT2D eigenvalue weighted by Gasteiger charge is -2.24. The fraction of sp³-hybridized carbons (Fsp3) is 0.458. The maximum Gasteiger partial charge on any atom is 0.237 e. The van der Waals surface area contributed by atoms with Gasteiger partial charge in [0.2, 0.25) is 5.91 Å². The second kappa shape index (κ2) is 9.79. The van der Waals surface area contributed by atoms with Gasteiger partial charge in [-0.25, -0.2) is 0 Å². The highest BCUT2D eigenvalue weighted by Gasteiger charge is 2.30. The van der Waals surface area contributed by atoms with Crippen molar-refractivity contribution in [3.8, 4) is 11.5 Å². The molecule has 1 heterocycles. The average molecular weight is 397 g/mol. The van der Waals surface area contributed by atoms with Crippen molar-refractivity contribution >= 4 is 5.91 Å². The van der Waals surface area contributed by atoms with Crippen molar-refractivity contribution < 1.29 is 14.3 Å². The molecule has 0 saturated carbocycles. The quantitative estimate of drug-likeness (QED) is 0.741. The summed E-state index contributed by atoms with van der Waals surface area (Å²) in [4.78, 5) is 15.0. The zero-order chi connectivity index (χ0) is 20.8. The van der Waals surface area contributed by atoms with Crippen LogP contribution >= 0.6 is 0 Å². The third-order valence-electron chi connectivity index (χ3n) is 5.94. The normalized spacial score (nSPS) is 17.7. The van der Waals surface area contributed by atoms with Crippen LogP contribution in [0.15, 0.2) is 42.5 Å². The number of rotatable bonds is 8. The lowest BCUT2D eigenvalue weighted by Crippen LogP contribution is -2.44. The SMILES string of the molecule is COc1ccc(CCNC(=O)C(C)N2CCC(c3ccccc3C)C2)cc1OC. The summed E-state index contributed by atoms with van der Waals surface area (Å²) in [5.74, 6) is 2.03. The van der Waals surface area contributed by atoms with Gasteiger partial charge in [0, 0.05) is 13.1 Å². The van der Waals surface area contributed by atoms with Gasteiger partial charge in [0.1, 0.15) is 0 Å². The Bertz CT molecular complexity index is 837. The van der Waals surface area contributed by atoms with E-state index >= 15 is 0 Å². The van der Waals surface area contributed by atoms with Crippen LogP contribution in [0.3, 0.4) is 0 Å². The van der Waals surface area contributed by atoms with Gasteiger partial charge in [0.25, 0.3) is 0 Å². The molecule has 0 spiro atoms. The lowest BCUT2D eigenvalue weighted by atomic mass is 9.94. The highest BCUT2D eigenvalue weighted by molar-refractivity contribution is 5.81. The minimum absolute atomic E-state index is 0.0934. The first-order valence-electron chi connectivity index (χ1n) is 10.3. The van der Waals surface area contributed by atoms with E-state index in [0.717, 1.165) is 31.5 Å². The molecule has 2 unspecified atom stereocenters. The van der Waals surface area contributed by atoms with Gasteiger partial charge in [-0.2, -0.15) is 0 Å². The van der Waals surface area contributed by atoms with E-state index in [1.807, 2.05) is 25.1 Å². The zero-order valence-electron chi connectivity index (χ0n) is 17.9. The number of ether oxygens (including phenoxy) is 2. The van der Waals surface area contributed by atoms with E-state index < -0.39 is 0 Å². The number of hydrogen-bond donors (Lipinski definition) is 1. The minimum atomic E-state index is -0.116. The van der Waals surface area contributed by atoms with Gasteiger partial charge >= 0.3 is 0 Å². The molecular formula is C24H32N2O3. The van der Waals surface area contributed by atoms with Crippen molar-refractivity contribution in [2.24, 2.45) is 0 Å². The fourth-order valence-electron chi connectivity index (χ4n) is 4.12. The predicted octanol–water partition coefficient (Wildman–Crippen LogP) is 3.55. The largest absolute Gasteiger partial charge is 0.493 e.